The molecule has 4 rings (SSSR count). The van der Waals surface area contributed by atoms with Gasteiger partial charge in [0, 0.05) is 56.6 Å². The number of carbonyl (C=O) groups excluding carboxylic acids is 7. The Labute approximate surface area is 476 Å². The third-order valence-electron chi connectivity index (χ3n) is 13.0. The van der Waals surface area contributed by atoms with Gasteiger partial charge in [-0.1, -0.05) is 29.5 Å². The van der Waals surface area contributed by atoms with Gasteiger partial charge < -0.3 is 63.7 Å². The fourth-order valence-corrected chi connectivity index (χ4v) is 8.39. The van der Waals surface area contributed by atoms with Crippen LogP contribution in [0.15, 0.2) is 42.6 Å². The number of nitrogens with one attached hydrogen (secondary N) is 2. The van der Waals surface area contributed by atoms with Crippen LogP contribution in [0, 0.1) is 17.3 Å². The summed E-state index contributed by atoms with van der Waals surface area (Å²) in [6, 6.07) is 6.47. The summed E-state index contributed by atoms with van der Waals surface area (Å²) in [5.74, 6) is -1.40. The molecule has 0 radical (unpaired) electrons. The van der Waals surface area contributed by atoms with E-state index in [0.717, 1.165) is 42.5 Å². The number of aryl methyl sites for hydroxylation is 1. The molecule has 4 amide bonds. The number of ketones is 2. The number of nitrogens with zero attached hydrogens (tertiary/aromatic N) is 4. The first-order chi connectivity index (χ1) is 39.2. The first-order valence-corrected chi connectivity index (χ1v) is 28.4. The molecule has 1 fully saturated rings. The van der Waals surface area contributed by atoms with Crippen molar-refractivity contribution in [3.8, 4) is 0 Å². The Morgan fingerprint density at radius 2 is 1.19 bits per heavy atom. The number of aromatic nitrogens is 3. The predicted octanol–water partition coefficient (Wildman–Crippen LogP) is 2.29. The molecule has 454 valence electrons. The molecule has 24 heteroatoms. The molecule has 4 N–H and O–H groups in total. The molecule has 0 saturated heterocycles. The zero-order valence-electron chi connectivity index (χ0n) is 47.9. The van der Waals surface area contributed by atoms with Crippen molar-refractivity contribution in [3.05, 3.63) is 59.4 Å². The molecule has 24 nitrogen and oxygen atoms in total. The average Bonchev–Trinajstić information content (AvgIpc) is 4.07. The van der Waals surface area contributed by atoms with E-state index in [2.05, 4.69) is 20.9 Å². The molecule has 0 bridgehead atoms. The fraction of sp³-hybridized carbons (Fsp3) is 0.702. The SMILES string of the molecule is CC(C)(C)C(=O)OCc1ccc(CC(=O)[C@H](CCCCN)NC(=O)COCC(=O)NCCOCCOCCOCCOCCOCCOCCOCCOCCn2cc(CCC(=O)C3CCC(CN4C(=O)C=CC4=O)CC3)nn2)cc1. The maximum atomic E-state index is 13.2. The van der Waals surface area contributed by atoms with Gasteiger partial charge in [-0.15, -0.1) is 5.10 Å². The lowest BCUT2D eigenvalue weighted by Gasteiger charge is -2.29. The first-order valence-electron chi connectivity index (χ1n) is 28.4. The quantitative estimate of drug-likeness (QED) is 0.0487. The van der Waals surface area contributed by atoms with Gasteiger partial charge in [-0.05, 0) is 89.3 Å². The van der Waals surface area contributed by atoms with Gasteiger partial charge in [0.1, 0.15) is 25.6 Å². The van der Waals surface area contributed by atoms with Gasteiger partial charge >= 0.3 is 5.97 Å². The zero-order valence-corrected chi connectivity index (χ0v) is 47.9. The molecule has 2 heterocycles. The van der Waals surface area contributed by atoms with E-state index in [1.807, 2.05) is 6.20 Å². The Morgan fingerprint density at radius 1 is 0.667 bits per heavy atom. The summed E-state index contributed by atoms with van der Waals surface area (Å²) in [7, 11) is 0. The zero-order chi connectivity index (χ0) is 58.3. The lowest BCUT2D eigenvalue weighted by Crippen LogP contribution is -2.43. The number of hydrogen-bond acceptors (Lipinski definition) is 20. The molecule has 2 aliphatic rings. The molecule has 1 aliphatic carbocycles. The molecule has 0 unspecified atom stereocenters. The van der Waals surface area contributed by atoms with Crippen LogP contribution in [-0.2, 0) is 107 Å². The third-order valence-corrected chi connectivity index (χ3v) is 13.0. The maximum absolute atomic E-state index is 13.2. The van der Waals surface area contributed by atoms with Crippen molar-refractivity contribution in [2.24, 2.45) is 23.0 Å². The fourth-order valence-electron chi connectivity index (χ4n) is 8.39. The largest absolute Gasteiger partial charge is 0.460 e. The second-order valence-corrected chi connectivity index (χ2v) is 20.7. The van der Waals surface area contributed by atoms with Crippen LogP contribution in [0.2, 0.25) is 0 Å². The van der Waals surface area contributed by atoms with Crippen LogP contribution in [0.3, 0.4) is 0 Å². The monoisotopic (exact) mass is 1140 g/mol. The highest BCUT2D eigenvalue weighted by Crippen LogP contribution is 2.31. The minimum Gasteiger partial charge on any atom is -0.460 e. The molecule has 1 atom stereocenters. The molecule has 81 heavy (non-hydrogen) atoms. The summed E-state index contributed by atoms with van der Waals surface area (Å²) < 4.78 is 56.7. The first kappa shape index (κ1) is 68.1. The van der Waals surface area contributed by atoms with Gasteiger partial charge in [0.2, 0.25) is 11.8 Å². The van der Waals surface area contributed by atoms with Crippen LogP contribution in [0.1, 0.15) is 89.0 Å². The van der Waals surface area contributed by atoms with Gasteiger partial charge in [-0.2, -0.15) is 0 Å². The highest BCUT2D eigenvalue weighted by Gasteiger charge is 2.31. The van der Waals surface area contributed by atoms with Crippen molar-refractivity contribution < 1.29 is 80.9 Å². The van der Waals surface area contributed by atoms with E-state index in [9.17, 15) is 33.6 Å². The lowest BCUT2D eigenvalue weighted by molar-refractivity contribution is -0.154. The number of hydrogen-bond donors (Lipinski definition) is 3. The van der Waals surface area contributed by atoms with Gasteiger partial charge in [0.15, 0.2) is 5.78 Å². The molecular weight excluding hydrogens is 1050 g/mol. The molecule has 2 aromatic rings. The smallest absolute Gasteiger partial charge is 0.311 e. The number of rotatable bonds is 47. The van der Waals surface area contributed by atoms with E-state index in [1.54, 1.807) is 49.7 Å². The highest BCUT2D eigenvalue weighted by atomic mass is 16.6. The van der Waals surface area contributed by atoms with Crippen molar-refractivity contribution in [1.29, 1.82) is 0 Å². The lowest BCUT2D eigenvalue weighted by atomic mass is 9.79. The van der Waals surface area contributed by atoms with Gasteiger partial charge in [-0.25, -0.2) is 4.68 Å². The van der Waals surface area contributed by atoms with Crippen LogP contribution >= 0.6 is 0 Å². The summed E-state index contributed by atoms with van der Waals surface area (Å²) in [6.07, 6.45) is 10.5. The van der Waals surface area contributed by atoms with Gasteiger partial charge in [0.25, 0.3) is 11.8 Å². The molecule has 1 aromatic heterocycles. The van der Waals surface area contributed by atoms with E-state index in [-0.39, 0.29) is 80.6 Å². The summed E-state index contributed by atoms with van der Waals surface area (Å²) in [6.45, 7) is 13.0. The Morgan fingerprint density at radius 3 is 1.73 bits per heavy atom. The highest BCUT2D eigenvalue weighted by molar-refractivity contribution is 6.12. The number of ether oxygens (including phenoxy) is 10. The molecule has 1 aromatic carbocycles. The number of esters is 1. The molecular formula is C57H89N7O17. The number of carbonyl (C=O) groups is 7. The molecule has 0 spiro atoms. The van der Waals surface area contributed by atoms with Crippen molar-refractivity contribution in [3.63, 3.8) is 0 Å². The number of nitrogens with two attached hydrogens (primary N) is 1. The predicted molar refractivity (Wildman–Crippen MR) is 294 cm³/mol. The second-order valence-electron chi connectivity index (χ2n) is 20.7. The molecule has 1 aliphatic heterocycles. The minimum absolute atomic E-state index is 0.0117. The standard InChI is InChI=1S/C57H89N7O17/c1-57(2,3)56(71)81-41-46-9-7-44(8-10-46)38-51(66)49(6-4-5-19-58)60-53(68)43-80-42-52(67)59-20-22-72-24-26-74-28-30-76-32-34-78-36-37-79-35-33-77-31-29-75-27-25-73-23-21-63-40-48(61-62-63)15-16-50(65)47-13-11-45(12-14-47)39-64-54(69)17-18-55(64)70/h7-10,17-18,40,45,47,49H,4-6,11-16,19-39,41-43,58H2,1-3H3,(H,59,67)(H,60,68)/t45?,47?,49-/m0/s1. The van der Waals surface area contributed by atoms with Crippen LogP contribution in [0.4, 0.5) is 0 Å². The Kier molecular flexibility index (Phi) is 34.2. The summed E-state index contributed by atoms with van der Waals surface area (Å²) >= 11 is 0. The number of unbranched alkanes of at least 4 members (excludes halogenated alkanes) is 1. The summed E-state index contributed by atoms with van der Waals surface area (Å²) in [5, 5.41) is 13.8. The Hall–Kier alpha value is -5.41. The summed E-state index contributed by atoms with van der Waals surface area (Å²) in [4.78, 5) is 88.0. The van der Waals surface area contributed by atoms with Crippen molar-refractivity contribution in [2.75, 3.05) is 139 Å². The third kappa shape index (κ3) is 30.5. The van der Waals surface area contributed by atoms with Crippen molar-refractivity contribution >= 4 is 41.2 Å². The van der Waals surface area contributed by atoms with Crippen molar-refractivity contribution in [2.45, 2.75) is 104 Å². The van der Waals surface area contributed by atoms with E-state index in [4.69, 9.17) is 53.1 Å². The van der Waals surface area contributed by atoms with Crippen LogP contribution in [-0.4, -0.2) is 206 Å². The van der Waals surface area contributed by atoms with E-state index >= 15 is 0 Å². The van der Waals surface area contributed by atoms with Gasteiger partial charge in [-0.3, -0.25) is 38.5 Å². The summed E-state index contributed by atoms with van der Waals surface area (Å²) in [5.41, 5.74) is 7.37. The Bertz CT molecular complexity index is 2160. The van der Waals surface area contributed by atoms with Crippen LogP contribution < -0.4 is 16.4 Å². The van der Waals surface area contributed by atoms with Crippen molar-refractivity contribution in [1.82, 2.24) is 30.5 Å². The number of imide groups is 1. The molecule has 1 saturated carbocycles. The number of benzene rings is 1. The second kappa shape index (κ2) is 40.7. The van der Waals surface area contributed by atoms with E-state index in [0.29, 0.717) is 151 Å². The van der Waals surface area contributed by atoms with Gasteiger partial charge in [0.05, 0.1) is 129 Å². The van der Waals surface area contributed by atoms with E-state index in [1.165, 1.54) is 17.1 Å². The van der Waals surface area contributed by atoms with E-state index < -0.39 is 23.3 Å². The topological polar surface area (TPSA) is 296 Å². The number of amides is 4. The normalized spacial score (nSPS) is 15.8. The van der Waals surface area contributed by atoms with Crippen LogP contribution in [0.25, 0.3) is 0 Å². The average molecular weight is 1140 g/mol. The minimum atomic E-state index is -0.737. The Balaban J connectivity index is 0.839. The number of Topliss-reactive ketones (excluding diaryl/α,β-unsaturated/α-hetero) is 2. The van der Waals surface area contributed by atoms with Crippen LogP contribution in [0.5, 0.6) is 0 Å². The maximum Gasteiger partial charge on any atom is 0.311 e.